The molecule has 0 saturated carbocycles. The molecule has 0 radical (unpaired) electrons. The second-order valence-corrected chi connectivity index (χ2v) is 5.42. The number of nitrogens with zero attached hydrogens (tertiary/aromatic N) is 1. The van der Waals surface area contributed by atoms with E-state index in [-0.39, 0.29) is 12.5 Å². The number of rotatable bonds is 7. The minimum absolute atomic E-state index is 0.0559. The normalized spacial score (nSPS) is 10.1. The van der Waals surface area contributed by atoms with Gasteiger partial charge < -0.3 is 15.4 Å². The molecule has 1 amide bonds. The minimum atomic E-state index is -0.249. The lowest BCUT2D eigenvalue weighted by Gasteiger charge is -2.09. The van der Waals surface area contributed by atoms with Crippen LogP contribution in [0, 0.1) is 0 Å². The number of ether oxygens (including phenoxy) is 1. The first-order valence-corrected chi connectivity index (χ1v) is 8.01. The van der Waals surface area contributed by atoms with E-state index in [1.807, 2.05) is 42.5 Å². The summed E-state index contributed by atoms with van der Waals surface area (Å²) in [6.07, 6.45) is 1.69. The highest BCUT2D eigenvalue weighted by Gasteiger charge is 2.04. The summed E-state index contributed by atoms with van der Waals surface area (Å²) in [7, 11) is 0. The van der Waals surface area contributed by atoms with Crippen LogP contribution in [0.15, 0.2) is 79.0 Å². The lowest BCUT2D eigenvalue weighted by Crippen LogP contribution is -2.20. The second-order valence-electron chi connectivity index (χ2n) is 5.42. The Labute approximate surface area is 146 Å². The molecule has 1 heterocycles. The monoisotopic (exact) mass is 333 g/mol. The number of aromatic nitrogens is 1. The Morgan fingerprint density at radius 2 is 1.64 bits per heavy atom. The predicted molar refractivity (Wildman–Crippen MR) is 98.6 cm³/mol. The number of carbonyl (C=O) groups is 1. The quantitative estimate of drug-likeness (QED) is 0.692. The number of anilines is 2. The molecule has 0 aliphatic rings. The molecule has 3 rings (SSSR count). The van der Waals surface area contributed by atoms with Crippen molar-refractivity contribution < 1.29 is 9.53 Å². The van der Waals surface area contributed by atoms with E-state index < -0.39 is 0 Å². The van der Waals surface area contributed by atoms with Gasteiger partial charge in [0.05, 0.1) is 11.9 Å². The van der Waals surface area contributed by atoms with Crippen LogP contribution in [0.4, 0.5) is 11.5 Å². The summed E-state index contributed by atoms with van der Waals surface area (Å²) in [5.41, 5.74) is 2.08. The van der Waals surface area contributed by atoms with Crippen molar-refractivity contribution in [2.75, 3.05) is 17.2 Å². The predicted octanol–water partition coefficient (Wildman–Crippen LogP) is 3.71. The molecule has 0 spiro atoms. The van der Waals surface area contributed by atoms with Crippen molar-refractivity contribution >= 4 is 17.4 Å². The lowest BCUT2D eigenvalue weighted by atomic mass is 10.2. The molecule has 3 aromatic rings. The van der Waals surface area contributed by atoms with Gasteiger partial charge in [0.15, 0.2) is 6.61 Å². The van der Waals surface area contributed by atoms with Crippen molar-refractivity contribution in [1.29, 1.82) is 0 Å². The number of hydrogen-bond donors (Lipinski definition) is 2. The zero-order valence-electron chi connectivity index (χ0n) is 13.7. The maximum Gasteiger partial charge on any atom is 0.263 e. The highest BCUT2D eigenvalue weighted by molar-refractivity contribution is 5.91. The Hall–Kier alpha value is -3.34. The highest BCUT2D eigenvalue weighted by Crippen LogP contribution is 2.12. The average Bonchev–Trinajstić information content (AvgIpc) is 2.67. The molecule has 0 aliphatic heterocycles. The van der Waals surface area contributed by atoms with Crippen molar-refractivity contribution in [3.05, 3.63) is 84.6 Å². The Balaban J connectivity index is 1.46. The number of amides is 1. The van der Waals surface area contributed by atoms with Crippen LogP contribution in [0.3, 0.4) is 0 Å². The van der Waals surface area contributed by atoms with Gasteiger partial charge in [0.2, 0.25) is 0 Å². The fraction of sp³-hybridized carbons (Fsp3) is 0.100. The van der Waals surface area contributed by atoms with Crippen LogP contribution >= 0.6 is 0 Å². The number of carbonyl (C=O) groups excluding carboxylic acids is 1. The molecular formula is C20H19N3O2. The van der Waals surface area contributed by atoms with E-state index in [1.165, 1.54) is 5.56 Å². The van der Waals surface area contributed by atoms with Gasteiger partial charge in [0, 0.05) is 6.54 Å². The molecule has 0 unspecified atom stereocenters. The molecule has 0 bridgehead atoms. The van der Waals surface area contributed by atoms with Gasteiger partial charge >= 0.3 is 0 Å². The van der Waals surface area contributed by atoms with Crippen molar-refractivity contribution in [2.24, 2.45) is 0 Å². The summed E-state index contributed by atoms with van der Waals surface area (Å²) in [4.78, 5) is 16.1. The standard InChI is InChI=1S/C20H19N3O2/c24-20(15-25-18-9-5-2-6-10-18)23-19-12-11-17(14-22-19)21-13-16-7-3-1-4-8-16/h1-12,14,21H,13,15H2,(H,22,23,24). The fourth-order valence-corrected chi connectivity index (χ4v) is 2.22. The second kappa shape index (κ2) is 8.49. The zero-order valence-corrected chi connectivity index (χ0v) is 13.7. The molecule has 25 heavy (non-hydrogen) atoms. The smallest absolute Gasteiger partial charge is 0.263 e. The summed E-state index contributed by atoms with van der Waals surface area (Å²) < 4.78 is 5.40. The van der Waals surface area contributed by atoms with Crippen molar-refractivity contribution in [2.45, 2.75) is 6.54 Å². The SMILES string of the molecule is O=C(COc1ccccc1)Nc1ccc(NCc2ccccc2)cn1. The summed E-state index contributed by atoms with van der Waals surface area (Å²) in [6, 6.07) is 23.0. The summed E-state index contributed by atoms with van der Waals surface area (Å²) >= 11 is 0. The fourth-order valence-electron chi connectivity index (χ4n) is 2.22. The van der Waals surface area contributed by atoms with Crippen LogP contribution < -0.4 is 15.4 Å². The number of benzene rings is 2. The van der Waals surface area contributed by atoms with Crippen molar-refractivity contribution in [3.63, 3.8) is 0 Å². The Morgan fingerprint density at radius 3 is 2.32 bits per heavy atom. The van der Waals surface area contributed by atoms with Gasteiger partial charge in [-0.15, -0.1) is 0 Å². The third-order valence-corrected chi connectivity index (χ3v) is 3.48. The first-order chi connectivity index (χ1) is 12.3. The van der Waals surface area contributed by atoms with Gasteiger partial charge in [-0.3, -0.25) is 4.79 Å². The van der Waals surface area contributed by atoms with Crippen molar-refractivity contribution in [1.82, 2.24) is 4.98 Å². The summed E-state index contributed by atoms with van der Waals surface area (Å²) in [5, 5.41) is 6.00. The lowest BCUT2D eigenvalue weighted by molar-refractivity contribution is -0.118. The van der Waals surface area contributed by atoms with Crippen molar-refractivity contribution in [3.8, 4) is 5.75 Å². The maximum atomic E-state index is 11.9. The first-order valence-electron chi connectivity index (χ1n) is 8.01. The average molecular weight is 333 g/mol. The molecule has 2 aromatic carbocycles. The Morgan fingerprint density at radius 1 is 0.920 bits per heavy atom. The zero-order chi connectivity index (χ0) is 17.3. The summed E-state index contributed by atoms with van der Waals surface area (Å²) in [6.45, 7) is 0.666. The van der Waals surface area contributed by atoms with Crippen LogP contribution in [-0.4, -0.2) is 17.5 Å². The summed E-state index contributed by atoms with van der Waals surface area (Å²) in [5.74, 6) is 0.902. The molecule has 0 fully saturated rings. The maximum absolute atomic E-state index is 11.9. The van der Waals surface area contributed by atoms with E-state index in [1.54, 1.807) is 24.4 Å². The number of para-hydroxylation sites is 1. The molecule has 0 atom stereocenters. The number of pyridine rings is 1. The molecule has 5 heteroatoms. The molecule has 126 valence electrons. The number of hydrogen-bond acceptors (Lipinski definition) is 4. The van der Waals surface area contributed by atoms with E-state index in [9.17, 15) is 4.79 Å². The van der Waals surface area contributed by atoms with Crippen LogP contribution in [0.25, 0.3) is 0 Å². The van der Waals surface area contributed by atoms with E-state index in [0.717, 1.165) is 12.2 Å². The van der Waals surface area contributed by atoms with Gasteiger partial charge in [0.25, 0.3) is 5.91 Å². The Kier molecular flexibility index (Phi) is 5.61. The van der Waals surface area contributed by atoms with E-state index in [0.29, 0.717) is 11.6 Å². The van der Waals surface area contributed by atoms with Gasteiger partial charge in [0.1, 0.15) is 11.6 Å². The third kappa shape index (κ3) is 5.35. The molecule has 2 N–H and O–H groups in total. The largest absolute Gasteiger partial charge is 0.484 e. The van der Waals surface area contributed by atoms with Crippen LogP contribution in [-0.2, 0) is 11.3 Å². The topological polar surface area (TPSA) is 63.2 Å². The molecule has 5 nitrogen and oxygen atoms in total. The Bertz CT molecular complexity index is 790. The molecule has 0 saturated heterocycles. The van der Waals surface area contributed by atoms with Crippen LogP contribution in [0.2, 0.25) is 0 Å². The highest BCUT2D eigenvalue weighted by atomic mass is 16.5. The van der Waals surface area contributed by atoms with Gasteiger partial charge in [-0.05, 0) is 29.8 Å². The number of nitrogens with one attached hydrogen (secondary N) is 2. The molecular weight excluding hydrogens is 314 g/mol. The minimum Gasteiger partial charge on any atom is -0.484 e. The third-order valence-electron chi connectivity index (χ3n) is 3.48. The molecule has 0 aliphatic carbocycles. The van der Waals surface area contributed by atoms with E-state index in [2.05, 4.69) is 27.8 Å². The van der Waals surface area contributed by atoms with Gasteiger partial charge in [-0.2, -0.15) is 0 Å². The van der Waals surface area contributed by atoms with Crippen LogP contribution in [0.1, 0.15) is 5.56 Å². The van der Waals surface area contributed by atoms with Gasteiger partial charge in [-0.25, -0.2) is 4.98 Å². The van der Waals surface area contributed by atoms with E-state index >= 15 is 0 Å². The molecule has 1 aromatic heterocycles. The van der Waals surface area contributed by atoms with E-state index in [4.69, 9.17) is 4.74 Å². The van der Waals surface area contributed by atoms with Crippen LogP contribution in [0.5, 0.6) is 5.75 Å². The van der Waals surface area contributed by atoms with Gasteiger partial charge in [-0.1, -0.05) is 48.5 Å². The first kappa shape index (κ1) is 16.5.